The Hall–Kier alpha value is -2.17. The lowest BCUT2D eigenvalue weighted by atomic mass is 10.2. The van der Waals surface area contributed by atoms with E-state index in [1.165, 1.54) is 0 Å². The maximum atomic E-state index is 5.22. The molecule has 0 amide bonds. The fourth-order valence-electron chi connectivity index (χ4n) is 1.62. The molecule has 5 nitrogen and oxygen atoms in total. The second-order valence-electron chi connectivity index (χ2n) is 4.05. The Bertz CT molecular complexity index is 527. The topological polar surface area (TPSA) is 59.2 Å². The van der Waals surface area contributed by atoms with Gasteiger partial charge >= 0.3 is 0 Å². The first-order valence-electron chi connectivity index (χ1n) is 5.65. The lowest BCUT2D eigenvalue weighted by molar-refractivity contribution is 0.395. The van der Waals surface area contributed by atoms with E-state index >= 15 is 0 Å². The van der Waals surface area contributed by atoms with E-state index in [-0.39, 0.29) is 0 Å². The minimum atomic E-state index is 0.738. The maximum Gasteiger partial charge on any atom is 0.155 e. The minimum absolute atomic E-state index is 0.738. The summed E-state index contributed by atoms with van der Waals surface area (Å²) in [5.41, 5.74) is 3.02. The van der Waals surface area contributed by atoms with Crippen molar-refractivity contribution < 1.29 is 9.47 Å². The predicted octanol–water partition coefficient (Wildman–Crippen LogP) is 2.79. The van der Waals surface area contributed by atoms with Gasteiger partial charge in [0.15, 0.2) is 5.82 Å². The van der Waals surface area contributed by atoms with E-state index in [4.69, 9.17) is 9.47 Å². The molecule has 0 unspecified atom stereocenters. The van der Waals surface area contributed by atoms with Crippen molar-refractivity contribution in [3.05, 3.63) is 29.5 Å². The van der Waals surface area contributed by atoms with Crippen molar-refractivity contribution in [2.24, 2.45) is 0 Å². The molecular formula is C13H17N3O2. The molecular weight excluding hydrogens is 230 g/mol. The van der Waals surface area contributed by atoms with Crippen LogP contribution in [0.4, 0.5) is 11.5 Å². The van der Waals surface area contributed by atoms with Crippen LogP contribution in [0, 0.1) is 13.8 Å². The van der Waals surface area contributed by atoms with Crippen molar-refractivity contribution >= 4 is 11.5 Å². The van der Waals surface area contributed by atoms with Gasteiger partial charge in [-0.15, -0.1) is 0 Å². The van der Waals surface area contributed by atoms with Gasteiger partial charge in [-0.1, -0.05) is 0 Å². The number of H-pyrrole nitrogens is 1. The molecule has 2 rings (SSSR count). The van der Waals surface area contributed by atoms with Crippen LogP contribution in [0.2, 0.25) is 0 Å². The number of methoxy groups -OCH3 is 2. The third-order valence-electron chi connectivity index (χ3n) is 2.87. The number of nitrogens with zero attached hydrogens (tertiary/aromatic N) is 1. The highest BCUT2D eigenvalue weighted by molar-refractivity contribution is 5.63. The molecule has 96 valence electrons. The van der Waals surface area contributed by atoms with Crippen molar-refractivity contribution in [2.45, 2.75) is 13.8 Å². The summed E-state index contributed by atoms with van der Waals surface area (Å²) < 4.78 is 10.4. The van der Waals surface area contributed by atoms with E-state index in [2.05, 4.69) is 15.5 Å². The van der Waals surface area contributed by atoms with E-state index in [1.807, 2.05) is 32.0 Å². The van der Waals surface area contributed by atoms with Gasteiger partial charge in [-0.05, 0) is 13.8 Å². The van der Waals surface area contributed by atoms with Gasteiger partial charge < -0.3 is 14.8 Å². The van der Waals surface area contributed by atoms with Crippen LogP contribution in [-0.4, -0.2) is 24.4 Å². The summed E-state index contributed by atoms with van der Waals surface area (Å²) >= 11 is 0. The molecule has 0 fully saturated rings. The molecule has 2 aromatic rings. The highest BCUT2D eigenvalue weighted by Crippen LogP contribution is 2.28. The molecule has 0 atom stereocenters. The molecule has 0 saturated carbocycles. The van der Waals surface area contributed by atoms with Crippen molar-refractivity contribution in [1.29, 1.82) is 0 Å². The van der Waals surface area contributed by atoms with E-state index in [9.17, 15) is 0 Å². The summed E-state index contributed by atoms with van der Waals surface area (Å²) in [5, 5.41) is 10.4. The van der Waals surface area contributed by atoms with E-state index < -0.39 is 0 Å². The number of aromatic amines is 1. The standard InChI is InChI=1S/C13H17N3O2/c1-8-9(2)15-16-13(8)14-10-5-11(17-3)7-12(6-10)18-4/h5-7H,1-4H3,(H2,14,15,16). The highest BCUT2D eigenvalue weighted by Gasteiger charge is 2.07. The third kappa shape index (κ3) is 2.40. The number of nitrogens with one attached hydrogen (secondary N) is 2. The first-order chi connectivity index (χ1) is 8.63. The third-order valence-corrected chi connectivity index (χ3v) is 2.87. The van der Waals surface area contributed by atoms with E-state index in [0.717, 1.165) is 34.3 Å². The van der Waals surface area contributed by atoms with Crippen LogP contribution in [0.25, 0.3) is 0 Å². The molecule has 5 heteroatoms. The van der Waals surface area contributed by atoms with Gasteiger partial charge in [-0.3, -0.25) is 5.10 Å². The number of rotatable bonds is 4. The Labute approximate surface area is 106 Å². The number of aryl methyl sites for hydroxylation is 1. The molecule has 1 aromatic carbocycles. The Morgan fingerprint density at radius 1 is 1.06 bits per heavy atom. The molecule has 0 saturated heterocycles. The number of anilines is 2. The van der Waals surface area contributed by atoms with Crippen molar-refractivity contribution in [3.8, 4) is 11.5 Å². The Kier molecular flexibility index (Phi) is 3.41. The quantitative estimate of drug-likeness (QED) is 0.872. The van der Waals surface area contributed by atoms with Crippen molar-refractivity contribution in [2.75, 3.05) is 19.5 Å². The first-order valence-corrected chi connectivity index (χ1v) is 5.65. The SMILES string of the molecule is COc1cc(Nc2n[nH]c(C)c2C)cc(OC)c1. The number of aromatic nitrogens is 2. The molecule has 0 bridgehead atoms. The summed E-state index contributed by atoms with van der Waals surface area (Å²) in [6.07, 6.45) is 0. The van der Waals surface area contributed by atoms with Gasteiger partial charge in [0.25, 0.3) is 0 Å². The number of ether oxygens (including phenoxy) is 2. The van der Waals surface area contributed by atoms with Crippen molar-refractivity contribution in [3.63, 3.8) is 0 Å². The average molecular weight is 247 g/mol. The predicted molar refractivity (Wildman–Crippen MR) is 70.9 cm³/mol. The van der Waals surface area contributed by atoms with Gasteiger partial charge in [0.2, 0.25) is 0 Å². The van der Waals surface area contributed by atoms with Gasteiger partial charge in [0, 0.05) is 35.1 Å². The Balaban J connectivity index is 2.31. The summed E-state index contributed by atoms with van der Waals surface area (Å²) in [6.45, 7) is 4.00. The van der Waals surface area contributed by atoms with E-state index in [0.29, 0.717) is 0 Å². The molecule has 18 heavy (non-hydrogen) atoms. The number of hydrogen-bond acceptors (Lipinski definition) is 4. The summed E-state index contributed by atoms with van der Waals surface area (Å²) in [5.74, 6) is 2.28. The molecule has 1 aromatic heterocycles. The van der Waals surface area contributed by atoms with Crippen LogP contribution >= 0.6 is 0 Å². The lowest BCUT2D eigenvalue weighted by Crippen LogP contribution is -1.95. The zero-order valence-electron chi connectivity index (χ0n) is 11.0. The van der Waals surface area contributed by atoms with Gasteiger partial charge in [-0.25, -0.2) is 0 Å². The van der Waals surface area contributed by atoms with Crippen LogP contribution in [0.3, 0.4) is 0 Å². The summed E-state index contributed by atoms with van der Waals surface area (Å²) in [4.78, 5) is 0. The van der Waals surface area contributed by atoms with Crippen LogP contribution < -0.4 is 14.8 Å². The largest absolute Gasteiger partial charge is 0.497 e. The maximum absolute atomic E-state index is 5.22. The van der Waals surface area contributed by atoms with Gasteiger partial charge in [-0.2, -0.15) is 5.10 Å². The van der Waals surface area contributed by atoms with Crippen molar-refractivity contribution in [1.82, 2.24) is 10.2 Å². The summed E-state index contributed by atoms with van der Waals surface area (Å²) in [6, 6.07) is 5.62. The zero-order chi connectivity index (χ0) is 13.1. The smallest absolute Gasteiger partial charge is 0.155 e. The average Bonchev–Trinajstić information content (AvgIpc) is 2.70. The Morgan fingerprint density at radius 2 is 1.67 bits per heavy atom. The number of hydrogen-bond donors (Lipinski definition) is 2. The summed E-state index contributed by atoms with van der Waals surface area (Å²) in [7, 11) is 3.25. The van der Waals surface area contributed by atoms with Crippen LogP contribution in [0.5, 0.6) is 11.5 Å². The fourth-order valence-corrected chi connectivity index (χ4v) is 1.62. The first kappa shape index (κ1) is 12.3. The molecule has 0 spiro atoms. The second-order valence-corrected chi connectivity index (χ2v) is 4.05. The lowest BCUT2D eigenvalue weighted by Gasteiger charge is -2.09. The molecule has 2 N–H and O–H groups in total. The van der Waals surface area contributed by atoms with Crippen LogP contribution in [-0.2, 0) is 0 Å². The molecule has 1 heterocycles. The molecule has 0 radical (unpaired) electrons. The highest BCUT2D eigenvalue weighted by atomic mass is 16.5. The van der Waals surface area contributed by atoms with E-state index in [1.54, 1.807) is 14.2 Å². The van der Waals surface area contributed by atoms with Gasteiger partial charge in [0.1, 0.15) is 11.5 Å². The molecule has 0 aliphatic carbocycles. The Morgan fingerprint density at radius 3 is 2.11 bits per heavy atom. The van der Waals surface area contributed by atoms with Crippen LogP contribution in [0.1, 0.15) is 11.3 Å². The second kappa shape index (κ2) is 5.00. The van der Waals surface area contributed by atoms with Gasteiger partial charge in [0.05, 0.1) is 14.2 Å². The molecule has 0 aliphatic heterocycles. The monoisotopic (exact) mass is 247 g/mol. The number of benzene rings is 1. The fraction of sp³-hybridized carbons (Fsp3) is 0.308. The molecule has 0 aliphatic rings. The zero-order valence-corrected chi connectivity index (χ0v) is 11.0. The minimum Gasteiger partial charge on any atom is -0.497 e. The van der Waals surface area contributed by atoms with Crippen LogP contribution in [0.15, 0.2) is 18.2 Å². The normalized spacial score (nSPS) is 10.2.